The molecule has 0 unspecified atom stereocenters. The molecule has 0 radical (unpaired) electrons. The number of nitrogens with one attached hydrogen (secondary N) is 1. The van der Waals surface area contributed by atoms with Crippen molar-refractivity contribution in [3.05, 3.63) is 34.1 Å². The van der Waals surface area contributed by atoms with Gasteiger partial charge in [-0.15, -0.1) is 12.4 Å². The van der Waals surface area contributed by atoms with Gasteiger partial charge < -0.3 is 5.32 Å². The smallest absolute Gasteiger partial charge is 0.129 e. The van der Waals surface area contributed by atoms with Crippen LogP contribution in [0.5, 0.6) is 0 Å². The summed E-state index contributed by atoms with van der Waals surface area (Å²) in [5, 5.41) is 3.37. The maximum atomic E-state index is 14.3. The predicted molar refractivity (Wildman–Crippen MR) is 92.7 cm³/mol. The summed E-state index contributed by atoms with van der Waals surface area (Å²) in [6, 6.07) is 5.49. The molecule has 1 saturated heterocycles. The topological polar surface area (TPSA) is 15.3 Å². The molecule has 0 aromatic heterocycles. The Morgan fingerprint density at radius 3 is 2.62 bits per heavy atom. The number of hydrogen-bond donors (Lipinski definition) is 1. The van der Waals surface area contributed by atoms with Crippen LogP contribution in [0.25, 0.3) is 0 Å². The Balaban J connectivity index is 0.00000220. The SMILES string of the molecule is CCCCC[C@@H](c1c(F)cccc1Br)N1CCNCC1.Cl. The second-order valence-corrected chi connectivity index (χ2v) is 6.29. The molecule has 5 heteroatoms. The Bertz CT molecular complexity index is 404. The van der Waals surface area contributed by atoms with Gasteiger partial charge in [0.1, 0.15) is 5.82 Å². The molecule has 1 atom stereocenters. The largest absolute Gasteiger partial charge is 0.314 e. The average molecular weight is 380 g/mol. The van der Waals surface area contributed by atoms with E-state index < -0.39 is 0 Å². The lowest BCUT2D eigenvalue weighted by Crippen LogP contribution is -2.45. The van der Waals surface area contributed by atoms with Crippen LogP contribution < -0.4 is 5.32 Å². The number of piperazine rings is 1. The Labute approximate surface area is 142 Å². The fourth-order valence-corrected chi connectivity index (χ4v) is 3.53. The van der Waals surface area contributed by atoms with E-state index in [0.29, 0.717) is 0 Å². The Morgan fingerprint density at radius 1 is 1.29 bits per heavy atom. The van der Waals surface area contributed by atoms with Gasteiger partial charge >= 0.3 is 0 Å². The van der Waals surface area contributed by atoms with E-state index in [1.54, 1.807) is 12.1 Å². The van der Waals surface area contributed by atoms with Crippen molar-refractivity contribution >= 4 is 28.3 Å². The van der Waals surface area contributed by atoms with Gasteiger partial charge in [0.2, 0.25) is 0 Å². The molecule has 0 bridgehead atoms. The van der Waals surface area contributed by atoms with Gasteiger partial charge in [0, 0.05) is 42.3 Å². The molecule has 0 aliphatic carbocycles. The Kier molecular flexibility index (Phi) is 8.79. The number of rotatable bonds is 6. The minimum Gasteiger partial charge on any atom is -0.314 e. The summed E-state index contributed by atoms with van der Waals surface area (Å²) in [5.41, 5.74) is 0.838. The second-order valence-electron chi connectivity index (χ2n) is 5.43. The van der Waals surface area contributed by atoms with E-state index in [1.165, 1.54) is 12.8 Å². The van der Waals surface area contributed by atoms with Crippen LogP contribution in [0.4, 0.5) is 4.39 Å². The fraction of sp³-hybridized carbons (Fsp3) is 0.625. The van der Waals surface area contributed by atoms with E-state index >= 15 is 0 Å². The van der Waals surface area contributed by atoms with Crippen LogP contribution in [0.15, 0.2) is 22.7 Å². The molecule has 0 spiro atoms. The van der Waals surface area contributed by atoms with Crippen molar-refractivity contribution in [2.75, 3.05) is 26.2 Å². The number of halogens is 3. The molecule has 1 fully saturated rings. The lowest BCUT2D eigenvalue weighted by atomic mass is 9.97. The van der Waals surface area contributed by atoms with Gasteiger partial charge in [0.15, 0.2) is 0 Å². The van der Waals surface area contributed by atoms with Crippen molar-refractivity contribution in [1.29, 1.82) is 0 Å². The van der Waals surface area contributed by atoms with Gasteiger partial charge in [-0.05, 0) is 18.6 Å². The predicted octanol–water partition coefficient (Wildman–Crippen LogP) is 4.54. The second kappa shape index (κ2) is 9.78. The molecule has 1 aromatic rings. The third-order valence-corrected chi connectivity index (χ3v) is 4.70. The zero-order valence-electron chi connectivity index (χ0n) is 12.6. The maximum Gasteiger partial charge on any atom is 0.129 e. The summed E-state index contributed by atoms with van der Waals surface area (Å²) in [4.78, 5) is 2.43. The van der Waals surface area contributed by atoms with Crippen molar-refractivity contribution in [1.82, 2.24) is 10.2 Å². The third-order valence-electron chi connectivity index (χ3n) is 4.01. The lowest BCUT2D eigenvalue weighted by Gasteiger charge is -2.36. The van der Waals surface area contributed by atoms with E-state index in [-0.39, 0.29) is 24.3 Å². The normalized spacial score (nSPS) is 17.3. The summed E-state index contributed by atoms with van der Waals surface area (Å²) < 4.78 is 15.2. The van der Waals surface area contributed by atoms with Gasteiger partial charge in [-0.3, -0.25) is 4.90 Å². The molecule has 1 aromatic carbocycles. The first-order chi connectivity index (χ1) is 9.74. The zero-order chi connectivity index (χ0) is 14.4. The van der Waals surface area contributed by atoms with Gasteiger partial charge in [-0.1, -0.05) is 48.2 Å². The zero-order valence-corrected chi connectivity index (χ0v) is 15.0. The van der Waals surface area contributed by atoms with Crippen LogP contribution in [-0.4, -0.2) is 31.1 Å². The highest BCUT2D eigenvalue weighted by Crippen LogP contribution is 2.34. The van der Waals surface area contributed by atoms with Crippen molar-refractivity contribution in [2.24, 2.45) is 0 Å². The van der Waals surface area contributed by atoms with Crippen LogP contribution >= 0.6 is 28.3 Å². The molecular formula is C16H25BrClFN2. The van der Waals surface area contributed by atoms with E-state index in [1.807, 2.05) is 6.07 Å². The van der Waals surface area contributed by atoms with Gasteiger partial charge in [-0.25, -0.2) is 4.39 Å². The highest BCUT2D eigenvalue weighted by molar-refractivity contribution is 9.10. The molecule has 2 nitrogen and oxygen atoms in total. The highest BCUT2D eigenvalue weighted by atomic mass is 79.9. The standard InChI is InChI=1S/C16H24BrFN2.ClH/c1-2-3-4-8-15(20-11-9-19-10-12-20)16-13(17)6-5-7-14(16)18;/h5-7,15,19H,2-4,8-12H2,1H3;1H/t15-;/m0./s1. The number of nitrogens with zero attached hydrogens (tertiary/aromatic N) is 1. The van der Waals surface area contributed by atoms with Gasteiger partial charge in [0.25, 0.3) is 0 Å². The van der Waals surface area contributed by atoms with E-state index in [9.17, 15) is 4.39 Å². The summed E-state index contributed by atoms with van der Waals surface area (Å²) in [6.07, 6.45) is 4.61. The number of benzene rings is 1. The first kappa shape index (κ1) is 18.9. The highest BCUT2D eigenvalue weighted by Gasteiger charge is 2.25. The molecule has 120 valence electrons. The van der Waals surface area contributed by atoms with E-state index in [2.05, 4.69) is 33.1 Å². The Morgan fingerprint density at radius 2 is 2.00 bits per heavy atom. The number of unbranched alkanes of at least 4 members (excludes halogenated alkanes) is 2. The molecule has 0 amide bonds. The summed E-state index contributed by atoms with van der Waals surface area (Å²) >= 11 is 3.54. The van der Waals surface area contributed by atoms with Crippen molar-refractivity contribution in [3.8, 4) is 0 Å². The van der Waals surface area contributed by atoms with E-state index in [0.717, 1.165) is 49.1 Å². The molecule has 1 N–H and O–H groups in total. The van der Waals surface area contributed by atoms with Gasteiger partial charge in [-0.2, -0.15) is 0 Å². The average Bonchev–Trinajstić information content (AvgIpc) is 2.46. The van der Waals surface area contributed by atoms with Crippen LogP contribution in [-0.2, 0) is 0 Å². The number of hydrogen-bond acceptors (Lipinski definition) is 2. The summed E-state index contributed by atoms with van der Waals surface area (Å²) in [7, 11) is 0. The molecule has 21 heavy (non-hydrogen) atoms. The van der Waals surface area contributed by atoms with Crippen molar-refractivity contribution in [3.63, 3.8) is 0 Å². The molecule has 0 saturated carbocycles. The van der Waals surface area contributed by atoms with Crippen LogP contribution in [0, 0.1) is 5.82 Å². The summed E-state index contributed by atoms with van der Waals surface area (Å²) in [5.74, 6) is -0.0839. The molecule has 1 aliphatic rings. The first-order valence-electron chi connectivity index (χ1n) is 7.62. The minimum absolute atomic E-state index is 0. The van der Waals surface area contributed by atoms with Crippen LogP contribution in [0.1, 0.15) is 44.2 Å². The van der Waals surface area contributed by atoms with Gasteiger partial charge in [0.05, 0.1) is 0 Å². The van der Waals surface area contributed by atoms with Crippen molar-refractivity contribution < 1.29 is 4.39 Å². The summed E-state index contributed by atoms with van der Waals surface area (Å²) in [6.45, 7) is 6.20. The molecule has 1 aliphatic heterocycles. The van der Waals surface area contributed by atoms with Crippen LogP contribution in [0.2, 0.25) is 0 Å². The van der Waals surface area contributed by atoms with Crippen molar-refractivity contribution in [2.45, 2.75) is 38.6 Å². The third kappa shape index (κ3) is 5.20. The minimum atomic E-state index is -0.0839. The lowest BCUT2D eigenvalue weighted by molar-refractivity contribution is 0.159. The fourth-order valence-electron chi connectivity index (χ4n) is 2.92. The van der Waals surface area contributed by atoms with Crippen LogP contribution in [0.3, 0.4) is 0 Å². The monoisotopic (exact) mass is 378 g/mol. The molecular weight excluding hydrogens is 355 g/mol. The quantitative estimate of drug-likeness (QED) is 0.730. The van der Waals surface area contributed by atoms with E-state index in [4.69, 9.17) is 0 Å². The molecule has 2 rings (SSSR count). The molecule has 1 heterocycles. The Hall–Kier alpha value is -0.160. The maximum absolute atomic E-state index is 14.3. The first-order valence-corrected chi connectivity index (χ1v) is 8.42.